The van der Waals surface area contributed by atoms with Gasteiger partial charge in [0.2, 0.25) is 17.8 Å². The lowest BCUT2D eigenvalue weighted by Gasteiger charge is -2.15. The first-order chi connectivity index (χ1) is 10.8. The zero-order chi connectivity index (χ0) is 17.0. The first-order valence-corrected chi connectivity index (χ1v) is 7.97. The van der Waals surface area contributed by atoms with E-state index in [0.717, 1.165) is 16.8 Å². The van der Waals surface area contributed by atoms with Crippen LogP contribution in [0.4, 0.5) is 23.5 Å². The number of rotatable bonds is 6. The van der Waals surface area contributed by atoms with Gasteiger partial charge < -0.3 is 16.0 Å². The summed E-state index contributed by atoms with van der Waals surface area (Å²) < 4.78 is 0. The van der Waals surface area contributed by atoms with Crippen LogP contribution in [0.1, 0.15) is 38.8 Å². The van der Waals surface area contributed by atoms with Gasteiger partial charge in [-0.25, -0.2) is 0 Å². The van der Waals surface area contributed by atoms with Crippen LogP contribution in [0.2, 0.25) is 0 Å². The maximum absolute atomic E-state index is 4.47. The molecule has 0 fully saturated rings. The molecule has 0 radical (unpaired) electrons. The molecular formula is C17H26N6. The number of benzene rings is 1. The molecule has 6 heteroatoms. The van der Waals surface area contributed by atoms with Crippen LogP contribution in [-0.2, 0) is 0 Å². The van der Waals surface area contributed by atoms with Crippen LogP contribution in [0, 0.1) is 13.8 Å². The van der Waals surface area contributed by atoms with Crippen LogP contribution < -0.4 is 16.0 Å². The summed E-state index contributed by atoms with van der Waals surface area (Å²) in [5.74, 6) is 1.66. The molecule has 0 atom stereocenters. The quantitative estimate of drug-likeness (QED) is 0.751. The highest BCUT2D eigenvalue weighted by Gasteiger charge is 2.10. The van der Waals surface area contributed by atoms with Gasteiger partial charge in [0.15, 0.2) is 0 Å². The van der Waals surface area contributed by atoms with E-state index in [0.29, 0.717) is 17.8 Å². The number of nitrogens with one attached hydrogen (secondary N) is 3. The standard InChI is InChI=1S/C17H26N6/c1-10(2)18-15-21-16(19-11(3)4)23-17(22-15)20-14-12(5)8-7-9-13(14)6/h7-11H,1-6H3,(H3,18,19,20,21,22,23). The summed E-state index contributed by atoms with van der Waals surface area (Å²) >= 11 is 0. The van der Waals surface area contributed by atoms with E-state index in [1.54, 1.807) is 0 Å². The first-order valence-electron chi connectivity index (χ1n) is 7.97. The normalized spacial score (nSPS) is 11.0. The third-order valence-electron chi connectivity index (χ3n) is 3.19. The van der Waals surface area contributed by atoms with Crippen LogP contribution in [0.15, 0.2) is 18.2 Å². The van der Waals surface area contributed by atoms with Gasteiger partial charge in [-0.1, -0.05) is 18.2 Å². The highest BCUT2D eigenvalue weighted by Crippen LogP contribution is 2.23. The van der Waals surface area contributed by atoms with Gasteiger partial charge in [-0.05, 0) is 52.7 Å². The van der Waals surface area contributed by atoms with Gasteiger partial charge in [0.1, 0.15) is 0 Å². The van der Waals surface area contributed by atoms with Crippen molar-refractivity contribution in [1.29, 1.82) is 0 Å². The van der Waals surface area contributed by atoms with Crippen molar-refractivity contribution >= 4 is 23.5 Å². The number of nitrogens with zero attached hydrogens (tertiary/aromatic N) is 3. The molecule has 0 aliphatic rings. The molecule has 2 rings (SSSR count). The van der Waals surface area contributed by atoms with E-state index in [2.05, 4.69) is 84.6 Å². The number of anilines is 4. The minimum Gasteiger partial charge on any atom is -0.352 e. The minimum absolute atomic E-state index is 0.248. The molecule has 0 aliphatic heterocycles. The smallest absolute Gasteiger partial charge is 0.233 e. The van der Waals surface area contributed by atoms with E-state index in [9.17, 15) is 0 Å². The van der Waals surface area contributed by atoms with Gasteiger partial charge in [-0.2, -0.15) is 15.0 Å². The second-order valence-electron chi connectivity index (χ2n) is 6.30. The Morgan fingerprint density at radius 3 is 1.61 bits per heavy atom. The Labute approximate surface area is 138 Å². The van der Waals surface area contributed by atoms with Crippen molar-refractivity contribution in [3.63, 3.8) is 0 Å². The van der Waals surface area contributed by atoms with E-state index in [1.165, 1.54) is 0 Å². The van der Waals surface area contributed by atoms with Crippen LogP contribution in [-0.4, -0.2) is 27.0 Å². The van der Waals surface area contributed by atoms with Crippen LogP contribution >= 0.6 is 0 Å². The van der Waals surface area contributed by atoms with Crippen molar-refractivity contribution in [1.82, 2.24) is 15.0 Å². The Balaban J connectivity index is 2.36. The second kappa shape index (κ2) is 7.26. The minimum atomic E-state index is 0.248. The summed E-state index contributed by atoms with van der Waals surface area (Å²) in [6, 6.07) is 6.67. The van der Waals surface area contributed by atoms with E-state index in [1.807, 2.05) is 6.07 Å². The highest BCUT2D eigenvalue weighted by molar-refractivity contribution is 5.63. The van der Waals surface area contributed by atoms with Crippen molar-refractivity contribution in [3.8, 4) is 0 Å². The monoisotopic (exact) mass is 314 g/mol. The molecule has 124 valence electrons. The summed E-state index contributed by atoms with van der Waals surface area (Å²) in [7, 11) is 0. The third kappa shape index (κ3) is 4.81. The predicted octanol–water partition coefficient (Wildman–Crippen LogP) is 3.87. The third-order valence-corrected chi connectivity index (χ3v) is 3.19. The van der Waals surface area contributed by atoms with Crippen molar-refractivity contribution in [2.24, 2.45) is 0 Å². The first kappa shape index (κ1) is 17.0. The number of aryl methyl sites for hydroxylation is 2. The predicted molar refractivity (Wildman–Crippen MR) is 96.5 cm³/mol. The lowest BCUT2D eigenvalue weighted by Crippen LogP contribution is -2.18. The molecule has 0 unspecified atom stereocenters. The summed E-state index contributed by atoms with van der Waals surface area (Å²) in [6.45, 7) is 12.3. The Morgan fingerprint density at radius 1 is 0.739 bits per heavy atom. The van der Waals surface area contributed by atoms with Crippen LogP contribution in [0.5, 0.6) is 0 Å². The number of hydrogen-bond donors (Lipinski definition) is 3. The van der Waals surface area contributed by atoms with E-state index < -0.39 is 0 Å². The summed E-state index contributed by atoms with van der Waals surface area (Å²) in [5, 5.41) is 9.79. The van der Waals surface area contributed by atoms with Gasteiger partial charge in [0, 0.05) is 17.8 Å². The molecule has 0 aliphatic carbocycles. The largest absolute Gasteiger partial charge is 0.352 e. The SMILES string of the molecule is Cc1cccc(C)c1Nc1nc(NC(C)C)nc(NC(C)C)n1. The molecule has 2 aromatic rings. The molecule has 0 amide bonds. The Hall–Kier alpha value is -2.37. The molecule has 6 nitrogen and oxygen atoms in total. The Bertz CT molecular complexity index is 618. The van der Waals surface area contributed by atoms with Crippen LogP contribution in [0.3, 0.4) is 0 Å². The topological polar surface area (TPSA) is 74.8 Å². The van der Waals surface area contributed by atoms with Crippen molar-refractivity contribution in [2.45, 2.75) is 53.6 Å². The van der Waals surface area contributed by atoms with E-state index in [-0.39, 0.29) is 12.1 Å². The van der Waals surface area contributed by atoms with E-state index in [4.69, 9.17) is 0 Å². The lowest BCUT2D eigenvalue weighted by atomic mass is 10.1. The summed E-state index contributed by atoms with van der Waals surface area (Å²) in [6.07, 6.45) is 0. The Morgan fingerprint density at radius 2 is 1.17 bits per heavy atom. The molecule has 23 heavy (non-hydrogen) atoms. The average Bonchev–Trinajstić information content (AvgIpc) is 2.41. The molecule has 0 saturated heterocycles. The fourth-order valence-corrected chi connectivity index (χ4v) is 2.20. The average molecular weight is 314 g/mol. The molecule has 1 aromatic carbocycles. The molecular weight excluding hydrogens is 288 g/mol. The lowest BCUT2D eigenvalue weighted by molar-refractivity contribution is 0.846. The summed E-state index contributed by atoms with van der Waals surface area (Å²) in [5.41, 5.74) is 3.34. The molecule has 1 aromatic heterocycles. The summed E-state index contributed by atoms with van der Waals surface area (Å²) in [4.78, 5) is 13.4. The molecule has 0 saturated carbocycles. The number of hydrogen-bond acceptors (Lipinski definition) is 6. The molecule has 1 heterocycles. The van der Waals surface area contributed by atoms with Crippen molar-refractivity contribution in [3.05, 3.63) is 29.3 Å². The van der Waals surface area contributed by atoms with Crippen LogP contribution in [0.25, 0.3) is 0 Å². The van der Waals surface area contributed by atoms with Crippen molar-refractivity contribution < 1.29 is 0 Å². The van der Waals surface area contributed by atoms with Gasteiger partial charge in [-0.15, -0.1) is 0 Å². The van der Waals surface area contributed by atoms with Gasteiger partial charge in [-0.3, -0.25) is 0 Å². The zero-order valence-electron chi connectivity index (χ0n) is 14.7. The van der Waals surface area contributed by atoms with Crippen molar-refractivity contribution in [2.75, 3.05) is 16.0 Å². The zero-order valence-corrected chi connectivity index (χ0v) is 14.7. The highest BCUT2D eigenvalue weighted by atomic mass is 15.3. The molecule has 0 spiro atoms. The van der Waals surface area contributed by atoms with Gasteiger partial charge in [0.05, 0.1) is 0 Å². The molecule has 3 N–H and O–H groups in total. The van der Waals surface area contributed by atoms with Gasteiger partial charge >= 0.3 is 0 Å². The Kier molecular flexibility index (Phi) is 5.36. The van der Waals surface area contributed by atoms with Gasteiger partial charge in [0.25, 0.3) is 0 Å². The number of aromatic nitrogens is 3. The van der Waals surface area contributed by atoms with E-state index >= 15 is 0 Å². The fourth-order valence-electron chi connectivity index (χ4n) is 2.20. The fraction of sp³-hybridized carbons (Fsp3) is 0.471. The maximum atomic E-state index is 4.47. The second-order valence-corrected chi connectivity index (χ2v) is 6.30. The maximum Gasteiger partial charge on any atom is 0.233 e. The number of para-hydroxylation sites is 1. The molecule has 0 bridgehead atoms.